The Balaban J connectivity index is 0.823. The Bertz CT molecular complexity index is 2200. The fourth-order valence-electron chi connectivity index (χ4n) is 12.0. The second-order valence-electron chi connectivity index (χ2n) is 17.9. The number of anilines is 1. The number of allylic oxidation sites excluding steroid dienone is 22. The molecule has 1 aromatic rings. The van der Waals surface area contributed by atoms with Gasteiger partial charge in [-0.25, -0.2) is 0 Å². The van der Waals surface area contributed by atoms with Gasteiger partial charge in [-0.3, -0.25) is 0 Å². The Morgan fingerprint density at radius 1 is 0.571 bits per heavy atom. The molecule has 0 N–H and O–H groups in total. The van der Waals surface area contributed by atoms with E-state index in [2.05, 4.69) is 162 Å². The van der Waals surface area contributed by atoms with E-state index in [1.807, 2.05) is 0 Å². The van der Waals surface area contributed by atoms with Crippen LogP contribution in [0, 0.1) is 35.5 Å². The molecular weight excluding hydrogens is 677 g/mol. The topological polar surface area (TPSA) is 6.48 Å². The first kappa shape index (κ1) is 34.4. The minimum atomic E-state index is 0.333. The van der Waals surface area contributed by atoms with Crippen LogP contribution in [0.3, 0.4) is 0 Å². The lowest BCUT2D eigenvalue weighted by Crippen LogP contribution is -2.33. The maximum absolute atomic E-state index is 2.75. The molecule has 9 atom stereocenters. The van der Waals surface area contributed by atoms with Crippen molar-refractivity contribution in [2.24, 2.45) is 35.5 Å². The summed E-state index contributed by atoms with van der Waals surface area (Å²) in [6.07, 6.45) is 64.2. The molecule has 0 amide bonds. The van der Waals surface area contributed by atoms with E-state index in [0.717, 1.165) is 43.9 Å². The van der Waals surface area contributed by atoms with Gasteiger partial charge in [0.15, 0.2) is 0 Å². The molecule has 2 nitrogen and oxygen atoms in total. The molecule has 2 heteroatoms. The molecule has 1 aromatic carbocycles. The van der Waals surface area contributed by atoms with Crippen LogP contribution in [0.15, 0.2) is 191 Å². The highest BCUT2D eigenvalue weighted by molar-refractivity contribution is 5.65. The normalized spacial score (nSPS) is 35.1. The summed E-state index contributed by atoms with van der Waals surface area (Å²) in [6, 6.07) is 10.4. The summed E-state index contributed by atoms with van der Waals surface area (Å²) in [4.78, 5) is 5.43. The van der Waals surface area contributed by atoms with Gasteiger partial charge in [0.2, 0.25) is 0 Å². The van der Waals surface area contributed by atoms with Gasteiger partial charge >= 0.3 is 0 Å². The highest BCUT2D eigenvalue weighted by Crippen LogP contribution is 2.51. The second-order valence-corrected chi connectivity index (χ2v) is 17.9. The van der Waals surface area contributed by atoms with Crippen LogP contribution in [0.4, 0.5) is 5.69 Å². The fraction of sp³-hybridized carbons (Fsp3) is 0.370. The van der Waals surface area contributed by atoms with Crippen molar-refractivity contribution in [3.05, 3.63) is 197 Å². The molecule has 2 heterocycles. The third-order valence-electron chi connectivity index (χ3n) is 14.9. The zero-order chi connectivity index (χ0) is 37.0. The number of nitrogens with zero attached hydrogens (tertiary/aromatic N) is 2. The van der Waals surface area contributed by atoms with Crippen LogP contribution in [0.25, 0.3) is 0 Å². The van der Waals surface area contributed by atoms with E-state index in [9.17, 15) is 0 Å². The van der Waals surface area contributed by atoms with Gasteiger partial charge in [0.05, 0.1) is 12.1 Å². The predicted octanol–water partition coefficient (Wildman–Crippen LogP) is 13.0. The van der Waals surface area contributed by atoms with E-state index < -0.39 is 0 Å². The van der Waals surface area contributed by atoms with Crippen molar-refractivity contribution in [2.75, 3.05) is 4.90 Å². The Morgan fingerprint density at radius 3 is 2.30 bits per heavy atom. The molecule has 2 aliphatic heterocycles. The fourth-order valence-corrected chi connectivity index (χ4v) is 12.0. The first-order valence-electron chi connectivity index (χ1n) is 22.1. The van der Waals surface area contributed by atoms with Gasteiger partial charge in [0.1, 0.15) is 0 Å². The van der Waals surface area contributed by atoms with Crippen LogP contribution in [-0.4, -0.2) is 17.0 Å². The summed E-state index contributed by atoms with van der Waals surface area (Å²) in [5, 5.41) is 0. The number of hydrogen-bond acceptors (Lipinski definition) is 2. The van der Waals surface area contributed by atoms with Crippen molar-refractivity contribution in [1.29, 1.82) is 0 Å². The van der Waals surface area contributed by atoms with Crippen LogP contribution in [-0.2, 0) is 0 Å². The molecule has 11 rings (SSSR count). The molecule has 1 saturated heterocycles. The first-order chi connectivity index (χ1) is 27.8. The summed E-state index contributed by atoms with van der Waals surface area (Å²) in [6.45, 7) is 0. The van der Waals surface area contributed by atoms with Crippen LogP contribution in [0.1, 0.15) is 82.1 Å². The highest BCUT2D eigenvalue weighted by Gasteiger charge is 2.44. The van der Waals surface area contributed by atoms with Gasteiger partial charge < -0.3 is 9.80 Å². The number of hydrogen-bond donors (Lipinski definition) is 0. The predicted molar refractivity (Wildman–Crippen MR) is 233 cm³/mol. The smallest absolute Gasteiger partial charge is 0.0626 e. The average molecular weight is 733 g/mol. The Labute approximate surface area is 335 Å². The summed E-state index contributed by atoms with van der Waals surface area (Å²) in [5.41, 5.74) is 13.5. The SMILES string of the molecule is C1=CCC(C2=CC=CC(c3ccc(N4C5=C(C=CCC5)C5C=C(C6C=C7C(=CC6)N(C6=CCC(C8CC=CCC8)CC6)C6C=CC=CC76)C=CC54)cc3)C2)C=C1. The number of benzene rings is 1. The second kappa shape index (κ2) is 14.6. The number of fused-ring (bicyclic) bond motifs is 5. The van der Waals surface area contributed by atoms with Gasteiger partial charge in [0.25, 0.3) is 0 Å². The van der Waals surface area contributed by atoms with Crippen molar-refractivity contribution >= 4 is 5.69 Å². The zero-order valence-corrected chi connectivity index (χ0v) is 32.8. The molecule has 282 valence electrons. The van der Waals surface area contributed by atoms with E-state index in [1.165, 1.54) is 72.3 Å². The van der Waals surface area contributed by atoms with E-state index in [4.69, 9.17) is 0 Å². The molecule has 0 bridgehead atoms. The molecule has 1 fully saturated rings. The molecule has 0 radical (unpaired) electrons. The minimum absolute atomic E-state index is 0.333. The average Bonchev–Trinajstić information content (AvgIpc) is 3.79. The lowest BCUT2D eigenvalue weighted by Gasteiger charge is -2.36. The zero-order valence-electron chi connectivity index (χ0n) is 32.8. The largest absolute Gasteiger partial charge is 0.338 e. The maximum Gasteiger partial charge on any atom is 0.0626 e. The number of likely N-dealkylation sites (tertiary alicyclic amines) is 1. The van der Waals surface area contributed by atoms with Gasteiger partial charge in [-0.15, -0.1) is 0 Å². The Hall–Kier alpha value is -4.82. The molecule has 9 unspecified atom stereocenters. The third-order valence-corrected chi connectivity index (χ3v) is 14.9. The third kappa shape index (κ3) is 6.07. The highest BCUT2D eigenvalue weighted by atomic mass is 15.2. The lowest BCUT2D eigenvalue weighted by atomic mass is 9.76. The van der Waals surface area contributed by atoms with Gasteiger partial charge in [0, 0.05) is 52.4 Å². The quantitative estimate of drug-likeness (QED) is 0.269. The van der Waals surface area contributed by atoms with Crippen molar-refractivity contribution in [1.82, 2.24) is 4.90 Å². The molecule has 8 aliphatic carbocycles. The van der Waals surface area contributed by atoms with Gasteiger partial charge in [-0.1, -0.05) is 145 Å². The van der Waals surface area contributed by atoms with Gasteiger partial charge in [-0.05, 0) is 117 Å². The maximum atomic E-state index is 2.75. The van der Waals surface area contributed by atoms with Crippen LogP contribution < -0.4 is 4.90 Å². The van der Waals surface area contributed by atoms with Crippen LogP contribution in [0.5, 0.6) is 0 Å². The summed E-state index contributed by atoms with van der Waals surface area (Å²) < 4.78 is 0. The molecule has 0 aromatic heterocycles. The number of rotatable bonds is 6. The Morgan fingerprint density at radius 2 is 1.45 bits per heavy atom. The Kier molecular flexibility index (Phi) is 8.98. The van der Waals surface area contributed by atoms with Crippen LogP contribution >= 0.6 is 0 Å². The van der Waals surface area contributed by atoms with Crippen molar-refractivity contribution in [3.63, 3.8) is 0 Å². The molecule has 10 aliphatic rings. The van der Waals surface area contributed by atoms with E-state index >= 15 is 0 Å². The van der Waals surface area contributed by atoms with Crippen molar-refractivity contribution in [3.8, 4) is 0 Å². The molecule has 0 spiro atoms. The van der Waals surface area contributed by atoms with E-state index in [-0.39, 0.29) is 0 Å². The summed E-state index contributed by atoms with van der Waals surface area (Å²) in [7, 11) is 0. The summed E-state index contributed by atoms with van der Waals surface area (Å²) >= 11 is 0. The lowest BCUT2D eigenvalue weighted by molar-refractivity contribution is 0.263. The first-order valence-corrected chi connectivity index (χ1v) is 22.1. The summed E-state index contributed by atoms with van der Waals surface area (Å²) in [5.74, 6) is 3.96. The van der Waals surface area contributed by atoms with Gasteiger partial charge in [-0.2, -0.15) is 0 Å². The van der Waals surface area contributed by atoms with Crippen molar-refractivity contribution < 1.29 is 0 Å². The van der Waals surface area contributed by atoms with Crippen LogP contribution in [0.2, 0.25) is 0 Å². The minimum Gasteiger partial charge on any atom is -0.338 e. The van der Waals surface area contributed by atoms with E-state index in [0.29, 0.717) is 41.7 Å². The molecule has 56 heavy (non-hydrogen) atoms. The monoisotopic (exact) mass is 732 g/mol. The molecule has 0 saturated carbocycles. The molecular formula is C54H56N2. The van der Waals surface area contributed by atoms with Crippen molar-refractivity contribution in [2.45, 2.75) is 88.6 Å². The standard InChI is InChI=1S/C54H56N2/c1-3-12-37(13-4-1)39-22-28-45(29-23-39)55-51-20-9-7-18-47(51)49-35-43(26-32-53(49)55)44-27-33-54-50(36-44)48-19-8-10-21-52(48)56(54)46-30-24-40(25-31-46)42-17-11-16-41(34-42)38-14-5-2-6-15-38/h1-3,5-9,11,14,16-20,24-25,27-28,30-33,35-39,42-43,47,50-51,54H,4,10,12-13,15,21-23,26,29,34H2. The van der Waals surface area contributed by atoms with E-state index in [1.54, 1.807) is 16.8 Å².